The van der Waals surface area contributed by atoms with Crippen LogP contribution in [0.15, 0.2) is 89.2 Å². The number of amides is 2. The molecule has 2 unspecified atom stereocenters. The molecule has 5 aromatic rings. The molecule has 2 N–H and O–H groups in total. The second kappa shape index (κ2) is 14.0. The molecule has 2 amide bonds. The van der Waals surface area contributed by atoms with Gasteiger partial charge in [-0.1, -0.05) is 37.3 Å². The van der Waals surface area contributed by atoms with Crippen molar-refractivity contribution in [3.8, 4) is 11.5 Å². The Morgan fingerprint density at radius 1 is 1.09 bits per heavy atom. The fourth-order valence-electron chi connectivity index (χ4n) is 4.65. The summed E-state index contributed by atoms with van der Waals surface area (Å²) < 4.78 is 11.3. The van der Waals surface area contributed by atoms with Crippen LogP contribution >= 0.6 is 11.3 Å². The van der Waals surface area contributed by atoms with Gasteiger partial charge in [0, 0.05) is 42.3 Å². The van der Waals surface area contributed by atoms with Crippen LogP contribution < -0.4 is 5.32 Å². The van der Waals surface area contributed by atoms with Crippen LogP contribution in [-0.4, -0.2) is 61.7 Å². The van der Waals surface area contributed by atoms with Gasteiger partial charge in [0.25, 0.3) is 5.91 Å². The zero-order valence-electron chi connectivity index (χ0n) is 23.9. The van der Waals surface area contributed by atoms with E-state index >= 15 is 0 Å². The Labute approximate surface area is 253 Å². The number of rotatable bonds is 12. The number of oxazole rings is 1. The van der Waals surface area contributed by atoms with E-state index in [2.05, 4.69) is 20.3 Å². The van der Waals surface area contributed by atoms with Gasteiger partial charge in [-0.15, -0.1) is 11.3 Å². The molecule has 0 spiro atoms. The maximum atomic E-state index is 13.9. The molecule has 3 atom stereocenters. The van der Waals surface area contributed by atoms with Crippen molar-refractivity contribution in [2.75, 3.05) is 6.54 Å². The topological polar surface area (TPSA) is 131 Å². The van der Waals surface area contributed by atoms with Crippen LogP contribution in [-0.2, 0) is 17.8 Å². The highest BCUT2D eigenvalue weighted by Gasteiger charge is 2.29. The smallest absolute Gasteiger partial charge is 0.407 e. The number of aromatic nitrogens is 3. The summed E-state index contributed by atoms with van der Waals surface area (Å²) >= 11 is 1.39. The summed E-state index contributed by atoms with van der Waals surface area (Å²) in [5, 5.41) is 14.3. The first-order valence-electron chi connectivity index (χ1n) is 14.1. The number of nitrogens with zero attached hydrogens (tertiary/aromatic N) is 4. The number of carbonyl (C=O) groups is 2. The molecule has 11 heteroatoms. The fraction of sp³-hybridized carbons (Fsp3) is 0.281. The van der Waals surface area contributed by atoms with E-state index in [-0.39, 0.29) is 25.1 Å². The van der Waals surface area contributed by atoms with Crippen molar-refractivity contribution in [3.05, 3.63) is 101 Å². The molecular formula is C32H33N5O5S. The Kier molecular flexibility index (Phi) is 9.75. The van der Waals surface area contributed by atoms with Gasteiger partial charge in [-0.25, -0.2) is 9.78 Å². The SMILES string of the molecule is CCC(C)N(CC(O)[C@H](Cc1ccccc1)NC(=O)OCc1cncs1)C(=O)c1ccc2nc(-c3ccncc3)oc2c1. The van der Waals surface area contributed by atoms with Gasteiger partial charge in [0.1, 0.15) is 12.1 Å². The number of hydrogen-bond donors (Lipinski definition) is 2. The number of hydrogen-bond acceptors (Lipinski definition) is 9. The molecule has 43 heavy (non-hydrogen) atoms. The molecule has 3 aromatic heterocycles. The first-order valence-corrected chi connectivity index (χ1v) is 14.9. The maximum Gasteiger partial charge on any atom is 0.407 e. The molecule has 0 bridgehead atoms. The van der Waals surface area contributed by atoms with Gasteiger partial charge >= 0.3 is 6.09 Å². The number of pyridine rings is 1. The number of thiazole rings is 1. The van der Waals surface area contributed by atoms with Crippen LogP contribution in [0.2, 0.25) is 0 Å². The molecule has 3 heterocycles. The third-order valence-corrected chi connectivity index (χ3v) is 7.98. The molecule has 222 valence electrons. The monoisotopic (exact) mass is 599 g/mol. The molecule has 5 rings (SSSR count). The van der Waals surface area contributed by atoms with Gasteiger partial charge in [-0.05, 0) is 55.7 Å². The summed E-state index contributed by atoms with van der Waals surface area (Å²) in [6, 6.07) is 17.4. The molecular weight excluding hydrogens is 566 g/mol. The summed E-state index contributed by atoms with van der Waals surface area (Å²) in [7, 11) is 0. The maximum absolute atomic E-state index is 13.9. The fourth-order valence-corrected chi connectivity index (χ4v) is 5.15. The van der Waals surface area contributed by atoms with Crippen molar-refractivity contribution in [3.63, 3.8) is 0 Å². The highest BCUT2D eigenvalue weighted by molar-refractivity contribution is 7.09. The van der Waals surface area contributed by atoms with E-state index in [0.29, 0.717) is 35.4 Å². The molecule has 0 saturated heterocycles. The third kappa shape index (κ3) is 7.62. The Balaban J connectivity index is 1.34. The Morgan fingerprint density at radius 3 is 2.60 bits per heavy atom. The van der Waals surface area contributed by atoms with Crippen LogP contribution in [0.5, 0.6) is 0 Å². The standard InChI is InChI=1S/C32H33N5O5S/c1-3-21(2)37(31(39)24-9-10-26-29(16-24)42-30(35-26)23-11-13-33-14-12-23)18-28(38)27(15-22-7-5-4-6-8-22)36-32(40)41-19-25-17-34-20-43-25/h4-14,16-17,20-21,27-28,38H,3,15,18-19H2,1-2H3,(H,36,40)/t21?,27-,28?/m0/s1. The molecule has 0 aliphatic carbocycles. The molecule has 0 aliphatic heterocycles. The summed E-state index contributed by atoms with van der Waals surface area (Å²) in [5.74, 6) is 0.177. The lowest BCUT2D eigenvalue weighted by Gasteiger charge is -2.33. The van der Waals surface area contributed by atoms with Crippen molar-refractivity contribution in [2.45, 2.75) is 51.5 Å². The van der Waals surface area contributed by atoms with E-state index in [1.807, 2.05) is 44.2 Å². The van der Waals surface area contributed by atoms with Crippen molar-refractivity contribution < 1.29 is 23.8 Å². The van der Waals surface area contributed by atoms with Crippen molar-refractivity contribution in [2.24, 2.45) is 0 Å². The molecule has 10 nitrogen and oxygen atoms in total. The highest BCUT2D eigenvalue weighted by Crippen LogP contribution is 2.25. The lowest BCUT2D eigenvalue weighted by molar-refractivity contribution is 0.0424. The van der Waals surface area contributed by atoms with Gasteiger partial charge in [0.2, 0.25) is 5.89 Å². The third-order valence-electron chi connectivity index (χ3n) is 7.23. The molecule has 0 radical (unpaired) electrons. The molecule has 0 aliphatic rings. The van der Waals surface area contributed by atoms with Crippen molar-refractivity contribution in [1.29, 1.82) is 0 Å². The summed E-state index contributed by atoms with van der Waals surface area (Å²) in [6.45, 7) is 3.99. The number of ether oxygens (including phenoxy) is 1. The first kappa shape index (κ1) is 29.9. The van der Waals surface area contributed by atoms with Crippen LogP contribution in [0.1, 0.15) is 41.1 Å². The van der Waals surface area contributed by atoms with Crippen LogP contribution in [0.25, 0.3) is 22.6 Å². The van der Waals surface area contributed by atoms with E-state index in [4.69, 9.17) is 9.15 Å². The Bertz CT molecular complexity index is 1630. The van der Waals surface area contributed by atoms with Crippen molar-refractivity contribution >= 4 is 34.4 Å². The lowest BCUT2D eigenvalue weighted by Crippen LogP contribution is -2.52. The average Bonchev–Trinajstić information content (AvgIpc) is 3.72. The normalized spacial score (nSPS) is 13.3. The predicted molar refractivity (Wildman–Crippen MR) is 163 cm³/mol. The van der Waals surface area contributed by atoms with Crippen LogP contribution in [0.4, 0.5) is 4.79 Å². The average molecular weight is 600 g/mol. The number of aliphatic hydroxyl groups is 1. The number of aliphatic hydroxyl groups excluding tert-OH is 1. The zero-order chi connectivity index (χ0) is 30.2. The Hall–Kier alpha value is -4.61. The largest absolute Gasteiger partial charge is 0.444 e. The van der Waals surface area contributed by atoms with E-state index in [1.165, 1.54) is 11.3 Å². The van der Waals surface area contributed by atoms with Gasteiger partial charge in [-0.3, -0.25) is 14.8 Å². The number of carbonyl (C=O) groups excluding carboxylic acids is 2. The zero-order valence-corrected chi connectivity index (χ0v) is 24.7. The van der Waals surface area contributed by atoms with E-state index in [9.17, 15) is 14.7 Å². The quantitative estimate of drug-likeness (QED) is 0.193. The summed E-state index contributed by atoms with van der Waals surface area (Å²) in [4.78, 5) is 41.6. The predicted octanol–water partition coefficient (Wildman–Crippen LogP) is 5.49. The van der Waals surface area contributed by atoms with Gasteiger partial charge in [0.05, 0.1) is 22.5 Å². The van der Waals surface area contributed by atoms with Gasteiger partial charge < -0.3 is 24.5 Å². The minimum absolute atomic E-state index is 0.00281. The summed E-state index contributed by atoms with van der Waals surface area (Å²) in [5.41, 5.74) is 4.90. The molecule has 0 saturated carbocycles. The summed E-state index contributed by atoms with van der Waals surface area (Å²) in [6.07, 6.45) is 4.24. The Morgan fingerprint density at radius 2 is 1.88 bits per heavy atom. The van der Waals surface area contributed by atoms with Crippen LogP contribution in [0.3, 0.4) is 0 Å². The van der Waals surface area contributed by atoms with E-state index in [1.54, 1.807) is 59.3 Å². The second-order valence-corrected chi connectivity index (χ2v) is 11.2. The lowest BCUT2D eigenvalue weighted by atomic mass is 10.00. The molecule has 2 aromatic carbocycles. The van der Waals surface area contributed by atoms with E-state index < -0.39 is 18.2 Å². The number of nitrogens with one attached hydrogen (secondary N) is 1. The van der Waals surface area contributed by atoms with Gasteiger partial charge in [0.15, 0.2) is 5.58 Å². The minimum atomic E-state index is -1.08. The number of benzene rings is 2. The van der Waals surface area contributed by atoms with E-state index in [0.717, 1.165) is 16.0 Å². The molecule has 0 fully saturated rings. The number of alkyl carbamates (subject to hydrolysis) is 1. The highest BCUT2D eigenvalue weighted by atomic mass is 32.1. The van der Waals surface area contributed by atoms with Crippen LogP contribution in [0, 0.1) is 0 Å². The number of fused-ring (bicyclic) bond motifs is 1. The minimum Gasteiger partial charge on any atom is -0.444 e. The first-order chi connectivity index (χ1) is 20.9. The van der Waals surface area contributed by atoms with Crippen molar-refractivity contribution in [1.82, 2.24) is 25.2 Å². The van der Waals surface area contributed by atoms with Gasteiger partial charge in [-0.2, -0.15) is 0 Å². The second-order valence-electron chi connectivity index (χ2n) is 10.2.